The first-order valence-corrected chi connectivity index (χ1v) is 9.13. The predicted octanol–water partition coefficient (Wildman–Crippen LogP) is 2.08. The third-order valence-electron chi connectivity index (χ3n) is 5.51. The van der Waals surface area contributed by atoms with E-state index in [1.807, 2.05) is 17.0 Å². The normalized spacial score (nSPS) is 22.9. The number of aromatic nitrogens is 2. The highest BCUT2D eigenvalue weighted by Crippen LogP contribution is 2.32. The summed E-state index contributed by atoms with van der Waals surface area (Å²) in [6.07, 6.45) is 5.79. The van der Waals surface area contributed by atoms with Gasteiger partial charge in [0.1, 0.15) is 11.4 Å². The molecule has 136 valence electrons. The zero-order chi connectivity index (χ0) is 17.9. The summed E-state index contributed by atoms with van der Waals surface area (Å²) in [6.45, 7) is 4.74. The van der Waals surface area contributed by atoms with Gasteiger partial charge in [-0.15, -0.1) is 0 Å². The van der Waals surface area contributed by atoms with Crippen molar-refractivity contribution < 1.29 is 9.53 Å². The minimum absolute atomic E-state index is 0.00477. The van der Waals surface area contributed by atoms with Crippen LogP contribution in [0.2, 0.25) is 0 Å². The number of benzene rings is 1. The number of likely N-dealkylation sites (tertiary alicyclic amines) is 2. The van der Waals surface area contributed by atoms with E-state index in [4.69, 9.17) is 4.74 Å². The van der Waals surface area contributed by atoms with Gasteiger partial charge in [-0.2, -0.15) is 0 Å². The van der Waals surface area contributed by atoms with Crippen molar-refractivity contribution in [3.63, 3.8) is 0 Å². The van der Waals surface area contributed by atoms with Crippen LogP contribution in [-0.2, 0) is 6.54 Å². The lowest BCUT2D eigenvalue weighted by Gasteiger charge is -2.34. The molecule has 2 saturated heterocycles. The molecule has 1 amide bonds. The van der Waals surface area contributed by atoms with Gasteiger partial charge in [-0.05, 0) is 36.0 Å². The maximum atomic E-state index is 12.6. The van der Waals surface area contributed by atoms with E-state index in [1.165, 1.54) is 5.56 Å². The highest BCUT2D eigenvalue weighted by atomic mass is 16.5. The van der Waals surface area contributed by atoms with Crippen LogP contribution in [0.4, 0.5) is 0 Å². The van der Waals surface area contributed by atoms with Crippen LogP contribution in [0.1, 0.15) is 22.5 Å². The van der Waals surface area contributed by atoms with Crippen LogP contribution in [-0.4, -0.2) is 59.0 Å². The second-order valence-corrected chi connectivity index (χ2v) is 7.19. The summed E-state index contributed by atoms with van der Waals surface area (Å²) in [5, 5.41) is 0. The fourth-order valence-electron chi connectivity index (χ4n) is 4.14. The molecule has 0 saturated carbocycles. The molecule has 1 aromatic heterocycles. The summed E-state index contributed by atoms with van der Waals surface area (Å²) in [6, 6.07) is 8.29. The summed E-state index contributed by atoms with van der Waals surface area (Å²) >= 11 is 0. The third-order valence-corrected chi connectivity index (χ3v) is 5.51. The highest BCUT2D eigenvalue weighted by Gasteiger charge is 2.38. The summed E-state index contributed by atoms with van der Waals surface area (Å²) in [7, 11) is 1.69. The number of piperidine rings is 1. The number of hydrogen-bond acceptors (Lipinski definition) is 5. The van der Waals surface area contributed by atoms with Crippen LogP contribution in [0, 0.1) is 11.8 Å². The Morgan fingerprint density at radius 3 is 2.69 bits per heavy atom. The van der Waals surface area contributed by atoms with E-state index in [2.05, 4.69) is 27.0 Å². The van der Waals surface area contributed by atoms with Gasteiger partial charge in [-0.3, -0.25) is 14.7 Å². The Kier molecular flexibility index (Phi) is 4.84. The Morgan fingerprint density at radius 2 is 1.96 bits per heavy atom. The lowest BCUT2D eigenvalue weighted by Crippen LogP contribution is -2.43. The number of hydrogen-bond donors (Lipinski definition) is 0. The molecule has 3 heterocycles. The smallest absolute Gasteiger partial charge is 0.274 e. The largest absolute Gasteiger partial charge is 0.497 e. The molecule has 0 N–H and O–H groups in total. The molecule has 0 unspecified atom stereocenters. The minimum Gasteiger partial charge on any atom is -0.497 e. The number of fused-ring (bicyclic) bond motifs is 1. The molecule has 6 nitrogen and oxygen atoms in total. The first kappa shape index (κ1) is 17.0. The van der Waals surface area contributed by atoms with Crippen LogP contribution in [0.3, 0.4) is 0 Å². The van der Waals surface area contributed by atoms with E-state index in [0.717, 1.165) is 44.9 Å². The molecule has 2 aliphatic heterocycles. The SMILES string of the molecule is COc1ccc(CN2C[C@@H]3CCN(C(=O)c4cnccn4)C[C@@H]3C2)cc1. The number of rotatable bonds is 4. The number of carbonyl (C=O) groups excluding carboxylic acids is 1. The first-order valence-electron chi connectivity index (χ1n) is 9.13. The van der Waals surface area contributed by atoms with Crippen molar-refractivity contribution in [3.05, 3.63) is 54.1 Å². The van der Waals surface area contributed by atoms with Crippen molar-refractivity contribution >= 4 is 5.91 Å². The van der Waals surface area contributed by atoms with E-state index in [9.17, 15) is 4.79 Å². The maximum Gasteiger partial charge on any atom is 0.274 e. The highest BCUT2D eigenvalue weighted by molar-refractivity contribution is 5.92. The van der Waals surface area contributed by atoms with Gasteiger partial charge in [0.25, 0.3) is 5.91 Å². The van der Waals surface area contributed by atoms with Crippen molar-refractivity contribution in [1.82, 2.24) is 19.8 Å². The van der Waals surface area contributed by atoms with Crippen LogP contribution >= 0.6 is 0 Å². The molecule has 1 aromatic carbocycles. The Balaban J connectivity index is 1.36. The van der Waals surface area contributed by atoms with E-state index in [1.54, 1.807) is 25.7 Å². The molecule has 0 radical (unpaired) electrons. The van der Waals surface area contributed by atoms with E-state index in [0.29, 0.717) is 17.5 Å². The molecule has 2 atom stereocenters. The average Bonchev–Trinajstić information content (AvgIpc) is 3.10. The second-order valence-electron chi connectivity index (χ2n) is 7.19. The Labute approximate surface area is 153 Å². The van der Waals surface area contributed by atoms with Crippen molar-refractivity contribution in [2.75, 3.05) is 33.3 Å². The van der Waals surface area contributed by atoms with Gasteiger partial charge < -0.3 is 9.64 Å². The summed E-state index contributed by atoms with van der Waals surface area (Å²) < 4.78 is 5.23. The van der Waals surface area contributed by atoms with Crippen LogP contribution < -0.4 is 4.74 Å². The third kappa shape index (κ3) is 3.55. The zero-order valence-corrected chi connectivity index (χ0v) is 15.0. The number of methoxy groups -OCH3 is 1. The predicted molar refractivity (Wildman–Crippen MR) is 97.8 cm³/mol. The Hall–Kier alpha value is -2.47. The lowest BCUT2D eigenvalue weighted by molar-refractivity contribution is 0.0635. The van der Waals surface area contributed by atoms with Gasteiger partial charge in [-0.1, -0.05) is 12.1 Å². The molecule has 2 fully saturated rings. The molecule has 0 aliphatic carbocycles. The number of carbonyl (C=O) groups is 1. The Morgan fingerprint density at radius 1 is 1.15 bits per heavy atom. The van der Waals surface area contributed by atoms with Crippen LogP contribution in [0.15, 0.2) is 42.9 Å². The number of nitrogens with zero attached hydrogens (tertiary/aromatic N) is 4. The summed E-state index contributed by atoms with van der Waals surface area (Å²) in [5.41, 5.74) is 1.75. The molecule has 0 bridgehead atoms. The quantitative estimate of drug-likeness (QED) is 0.843. The second kappa shape index (κ2) is 7.41. The van der Waals surface area contributed by atoms with E-state index < -0.39 is 0 Å². The molecule has 26 heavy (non-hydrogen) atoms. The van der Waals surface area contributed by atoms with Gasteiger partial charge in [-0.25, -0.2) is 4.98 Å². The van der Waals surface area contributed by atoms with Crippen molar-refractivity contribution in [3.8, 4) is 5.75 Å². The molecule has 4 rings (SSSR count). The van der Waals surface area contributed by atoms with Crippen molar-refractivity contribution in [2.45, 2.75) is 13.0 Å². The molecule has 0 spiro atoms. The Bertz CT molecular complexity index is 750. The van der Waals surface area contributed by atoms with Gasteiger partial charge in [0.2, 0.25) is 0 Å². The number of ether oxygens (including phenoxy) is 1. The minimum atomic E-state index is 0.00477. The van der Waals surface area contributed by atoms with Crippen LogP contribution in [0.25, 0.3) is 0 Å². The number of amides is 1. The summed E-state index contributed by atoms with van der Waals surface area (Å²) in [5.74, 6) is 2.12. The monoisotopic (exact) mass is 352 g/mol. The fraction of sp³-hybridized carbons (Fsp3) is 0.450. The first-order chi connectivity index (χ1) is 12.7. The topological polar surface area (TPSA) is 58.6 Å². The van der Waals surface area contributed by atoms with Gasteiger partial charge in [0.05, 0.1) is 13.3 Å². The van der Waals surface area contributed by atoms with Gasteiger partial charge >= 0.3 is 0 Å². The van der Waals surface area contributed by atoms with E-state index >= 15 is 0 Å². The molecule has 6 heteroatoms. The van der Waals surface area contributed by atoms with Crippen molar-refractivity contribution in [2.24, 2.45) is 11.8 Å². The van der Waals surface area contributed by atoms with Crippen molar-refractivity contribution in [1.29, 1.82) is 0 Å². The molecule has 2 aromatic rings. The summed E-state index contributed by atoms with van der Waals surface area (Å²) in [4.78, 5) is 25.2. The van der Waals surface area contributed by atoms with Gasteiger partial charge in [0.15, 0.2) is 0 Å². The lowest BCUT2D eigenvalue weighted by atomic mass is 9.88. The molecular formula is C20H24N4O2. The zero-order valence-electron chi connectivity index (χ0n) is 15.0. The standard InChI is InChI=1S/C20H24N4O2/c1-26-18-4-2-15(3-5-18)11-23-12-16-6-9-24(14-17(16)13-23)20(25)19-10-21-7-8-22-19/h2-5,7-8,10,16-17H,6,9,11-14H2,1H3/t16-,17-/m0/s1. The average molecular weight is 352 g/mol. The molecular weight excluding hydrogens is 328 g/mol. The molecule has 2 aliphatic rings. The van der Waals surface area contributed by atoms with Crippen LogP contribution in [0.5, 0.6) is 5.75 Å². The maximum absolute atomic E-state index is 12.6. The fourth-order valence-corrected chi connectivity index (χ4v) is 4.14. The van der Waals surface area contributed by atoms with E-state index in [-0.39, 0.29) is 5.91 Å². The van der Waals surface area contributed by atoms with Gasteiger partial charge in [0, 0.05) is 45.1 Å².